The zero-order valence-electron chi connectivity index (χ0n) is 35.1. The molecule has 2 aliphatic heterocycles. The summed E-state index contributed by atoms with van der Waals surface area (Å²) in [6.45, 7) is 35.6. The van der Waals surface area contributed by atoms with Crippen LogP contribution in [0.15, 0.2) is 54.9 Å². The summed E-state index contributed by atoms with van der Waals surface area (Å²) in [5.41, 5.74) is 2.77. The average Bonchev–Trinajstić information content (AvgIpc) is 3.16. The maximum atomic E-state index is 11.6. The lowest BCUT2D eigenvalue weighted by atomic mass is 10.0. The van der Waals surface area contributed by atoms with E-state index in [4.69, 9.17) is 0 Å². The Hall–Kier alpha value is -2.25. The number of pyridine rings is 1. The van der Waals surface area contributed by atoms with E-state index >= 15 is 0 Å². The van der Waals surface area contributed by atoms with E-state index in [2.05, 4.69) is 56.9 Å². The van der Waals surface area contributed by atoms with Gasteiger partial charge in [0.1, 0.15) is 0 Å². The summed E-state index contributed by atoms with van der Waals surface area (Å²) < 4.78 is 24.8. The van der Waals surface area contributed by atoms with Gasteiger partial charge in [-0.3, -0.25) is 9.78 Å². The maximum absolute atomic E-state index is 11.6. The van der Waals surface area contributed by atoms with Crippen LogP contribution in [0.5, 0.6) is 0 Å². The van der Waals surface area contributed by atoms with Crippen LogP contribution < -0.4 is 0 Å². The summed E-state index contributed by atoms with van der Waals surface area (Å²) in [6, 6.07) is 14.6. The van der Waals surface area contributed by atoms with E-state index in [1.807, 2.05) is 105 Å². The smallest absolute Gasteiger partial charge is 0.225 e. The van der Waals surface area contributed by atoms with Crippen molar-refractivity contribution in [3.05, 3.63) is 66.0 Å². The van der Waals surface area contributed by atoms with Crippen molar-refractivity contribution in [2.75, 3.05) is 26.2 Å². The molecule has 2 saturated heterocycles. The lowest BCUT2D eigenvalue weighted by molar-refractivity contribution is -0.135. The van der Waals surface area contributed by atoms with Crippen molar-refractivity contribution in [1.29, 1.82) is 0 Å². The highest BCUT2D eigenvalue weighted by Crippen LogP contribution is 2.16. The fourth-order valence-electron chi connectivity index (χ4n) is 4.48. The van der Waals surface area contributed by atoms with E-state index < -0.39 is 10.0 Å². The van der Waals surface area contributed by atoms with Crippen molar-refractivity contribution in [3.8, 4) is 0 Å². The van der Waals surface area contributed by atoms with E-state index in [-0.39, 0.29) is 18.6 Å². The SMILES string of the molecule is C.CC.CC.CC.CC.CC(C)C(=O)N1CCCCC1.CC(C)S(=O)(=O)N1CCCCC1.CC(C)c1ccccc1.CC(C)c1ccncc1. The molecule has 0 aliphatic carbocycles. The molecule has 296 valence electrons. The van der Waals surface area contributed by atoms with Crippen LogP contribution in [0, 0.1) is 5.92 Å². The second-order valence-electron chi connectivity index (χ2n) is 12.1. The molecule has 1 aromatic heterocycles. The predicted molar refractivity (Wildman–Crippen MR) is 226 cm³/mol. The fourth-order valence-corrected chi connectivity index (χ4v) is 5.85. The van der Waals surface area contributed by atoms with Crippen LogP contribution in [0.1, 0.15) is 180 Å². The Morgan fingerprint density at radius 3 is 1.24 bits per heavy atom. The molecule has 7 heteroatoms. The number of carbonyl (C=O) groups excluding carboxylic acids is 1. The minimum atomic E-state index is -2.97. The van der Waals surface area contributed by atoms with Crippen molar-refractivity contribution in [2.45, 2.75) is 174 Å². The number of carbonyl (C=O) groups is 1. The van der Waals surface area contributed by atoms with Gasteiger partial charge in [0.15, 0.2) is 0 Å². The lowest BCUT2D eigenvalue weighted by Gasteiger charge is -2.28. The number of hydrogen-bond donors (Lipinski definition) is 0. The fraction of sp³-hybridized carbons (Fsp3) is 0.721. The van der Waals surface area contributed by atoms with Crippen molar-refractivity contribution in [2.24, 2.45) is 5.92 Å². The Balaban J connectivity index is -0.000000168. The summed E-state index contributed by atoms with van der Waals surface area (Å²) in [7, 11) is -2.97. The Morgan fingerprint density at radius 2 is 0.940 bits per heavy atom. The van der Waals surface area contributed by atoms with Gasteiger partial charge in [-0.1, -0.05) is 141 Å². The van der Waals surface area contributed by atoms with Crippen LogP contribution in [-0.2, 0) is 14.8 Å². The lowest BCUT2D eigenvalue weighted by Crippen LogP contribution is -2.39. The normalized spacial score (nSPS) is 13.5. The van der Waals surface area contributed by atoms with Gasteiger partial charge in [-0.05, 0) is 81.0 Å². The molecule has 6 nitrogen and oxygen atoms in total. The van der Waals surface area contributed by atoms with Gasteiger partial charge in [0.05, 0.1) is 5.25 Å². The van der Waals surface area contributed by atoms with E-state index in [9.17, 15) is 13.2 Å². The number of benzene rings is 1. The number of hydrogen-bond acceptors (Lipinski definition) is 4. The molecule has 2 fully saturated rings. The van der Waals surface area contributed by atoms with Gasteiger partial charge in [0.25, 0.3) is 0 Å². The van der Waals surface area contributed by atoms with Gasteiger partial charge in [-0.25, -0.2) is 12.7 Å². The molecule has 3 heterocycles. The van der Waals surface area contributed by atoms with Crippen molar-refractivity contribution >= 4 is 15.9 Å². The Labute approximate surface area is 314 Å². The van der Waals surface area contributed by atoms with E-state index in [0.29, 0.717) is 17.7 Å². The van der Waals surface area contributed by atoms with E-state index in [1.54, 1.807) is 18.2 Å². The highest BCUT2D eigenvalue weighted by Gasteiger charge is 2.26. The number of nitrogens with zero attached hydrogens (tertiary/aromatic N) is 3. The zero-order chi connectivity index (χ0) is 38.8. The quantitative estimate of drug-likeness (QED) is 0.308. The van der Waals surface area contributed by atoms with Crippen LogP contribution in [0.2, 0.25) is 0 Å². The molecule has 50 heavy (non-hydrogen) atoms. The molecule has 0 spiro atoms. The standard InChI is InChI=1S/C9H17NO.C9H12.C8H17NO2S.C8H11N.4C2H6.CH4/c1-8(2)9(11)10-6-4-3-5-7-10;1-8(2)9-6-4-3-5-7-9;1-8(2)12(10,11)9-6-4-3-5-7-9;1-7(2)8-3-5-9-6-4-8;4*1-2;/h8H,3-7H2,1-2H3;3-8H,1-2H3;8H,3-7H2,1-2H3;3-7H,1-2H3;4*1-2H3;1H4. The largest absolute Gasteiger partial charge is 0.342 e. The Bertz CT molecular complexity index is 1000. The van der Waals surface area contributed by atoms with Gasteiger partial charge >= 0.3 is 0 Å². The molecule has 4 rings (SSSR count). The number of likely N-dealkylation sites (tertiary alicyclic amines) is 1. The molecule has 2 aliphatic rings. The van der Waals surface area contributed by atoms with Crippen molar-refractivity contribution in [3.63, 3.8) is 0 Å². The average molecular weight is 724 g/mol. The molecular weight excluding hydrogens is 639 g/mol. The predicted octanol–water partition coefficient (Wildman–Crippen LogP) is 12.6. The molecule has 2 aromatic rings. The number of aromatic nitrogens is 1. The van der Waals surface area contributed by atoms with Gasteiger partial charge in [0.2, 0.25) is 15.9 Å². The van der Waals surface area contributed by atoms with Crippen LogP contribution in [0.4, 0.5) is 0 Å². The second-order valence-corrected chi connectivity index (χ2v) is 14.6. The molecule has 0 N–H and O–H groups in total. The summed E-state index contributed by atoms with van der Waals surface area (Å²) in [4.78, 5) is 17.3. The van der Waals surface area contributed by atoms with Gasteiger partial charge < -0.3 is 4.90 Å². The minimum absolute atomic E-state index is 0. The summed E-state index contributed by atoms with van der Waals surface area (Å²) in [6.07, 6.45) is 10.5. The first-order chi connectivity index (χ1) is 23.4. The van der Waals surface area contributed by atoms with Gasteiger partial charge in [-0.2, -0.15) is 0 Å². The van der Waals surface area contributed by atoms with E-state index in [1.165, 1.54) is 36.8 Å². The second kappa shape index (κ2) is 38.0. The van der Waals surface area contributed by atoms with E-state index in [0.717, 1.165) is 39.0 Å². The Kier molecular flexibility index (Phi) is 43.4. The van der Waals surface area contributed by atoms with Crippen molar-refractivity contribution < 1.29 is 13.2 Å². The first kappa shape index (κ1) is 57.1. The minimum Gasteiger partial charge on any atom is -0.342 e. The first-order valence-corrected chi connectivity index (χ1v) is 21.1. The van der Waals surface area contributed by atoms with Crippen LogP contribution in [0.3, 0.4) is 0 Å². The number of sulfonamides is 1. The molecule has 0 unspecified atom stereocenters. The number of rotatable bonds is 5. The third-order valence-corrected chi connectivity index (χ3v) is 9.55. The molecule has 1 amide bonds. The molecule has 0 radical (unpaired) electrons. The highest BCUT2D eigenvalue weighted by atomic mass is 32.2. The molecule has 1 aromatic carbocycles. The van der Waals surface area contributed by atoms with Crippen molar-refractivity contribution in [1.82, 2.24) is 14.2 Å². The molecular formula is C43H85N3O3S. The van der Waals surface area contributed by atoms with Crippen LogP contribution in [0.25, 0.3) is 0 Å². The first-order valence-electron chi connectivity index (χ1n) is 19.6. The highest BCUT2D eigenvalue weighted by molar-refractivity contribution is 7.89. The monoisotopic (exact) mass is 724 g/mol. The molecule has 0 bridgehead atoms. The number of piperidine rings is 2. The maximum Gasteiger partial charge on any atom is 0.225 e. The molecule has 0 saturated carbocycles. The topological polar surface area (TPSA) is 70.6 Å². The summed E-state index contributed by atoms with van der Waals surface area (Å²) >= 11 is 0. The third-order valence-electron chi connectivity index (χ3n) is 7.27. The van der Waals surface area contributed by atoms with Crippen LogP contribution in [-0.4, -0.2) is 59.9 Å². The summed E-state index contributed by atoms with van der Waals surface area (Å²) in [5, 5.41) is -0.268. The van der Waals surface area contributed by atoms with Gasteiger partial charge in [0, 0.05) is 44.5 Å². The zero-order valence-corrected chi connectivity index (χ0v) is 35.9. The molecule has 0 atom stereocenters. The summed E-state index contributed by atoms with van der Waals surface area (Å²) in [5.74, 6) is 1.78. The third kappa shape index (κ3) is 27.5. The van der Waals surface area contributed by atoms with Crippen LogP contribution >= 0.6 is 0 Å². The van der Waals surface area contributed by atoms with Gasteiger partial charge in [-0.15, -0.1) is 0 Å². The Morgan fingerprint density at radius 1 is 0.580 bits per heavy atom. The number of amides is 1.